The van der Waals surface area contributed by atoms with Crippen LogP contribution in [0.2, 0.25) is 0 Å². The maximum absolute atomic E-state index is 7.93. The minimum atomic E-state index is -0.131. The fraction of sp³-hybridized carbons (Fsp3) is 0.231. The molecule has 1 aliphatic rings. The van der Waals surface area contributed by atoms with Gasteiger partial charge in [-0.3, -0.25) is 4.99 Å². The number of hydrogen-bond donors (Lipinski definition) is 0. The van der Waals surface area contributed by atoms with Gasteiger partial charge < -0.3 is 4.74 Å². The van der Waals surface area contributed by atoms with Gasteiger partial charge in [-0.1, -0.05) is 12.2 Å². The summed E-state index contributed by atoms with van der Waals surface area (Å²) in [6, 6.07) is 3.92. The summed E-state index contributed by atoms with van der Waals surface area (Å²) in [5.41, 5.74) is 1.94. The van der Waals surface area contributed by atoms with Crippen LogP contribution in [0.4, 0.5) is 0 Å². The highest BCUT2D eigenvalue weighted by Gasteiger charge is 2.14. The van der Waals surface area contributed by atoms with Crippen LogP contribution < -0.4 is 4.74 Å². The Labute approximate surface area is 101 Å². The Balaban J connectivity index is 2.17. The molecule has 2 aromatic rings. The first kappa shape index (κ1) is 8.98. The lowest BCUT2D eigenvalue weighted by molar-refractivity contribution is 0.407. The lowest BCUT2D eigenvalue weighted by Crippen LogP contribution is -2.05. The Kier molecular flexibility index (Phi) is 2.14. The number of aliphatic imine (C=N–C) groups is 1. The second-order valence-corrected chi connectivity index (χ2v) is 3.87. The third-order valence-electron chi connectivity index (χ3n) is 2.84. The molecule has 0 amide bonds. The van der Waals surface area contributed by atoms with Gasteiger partial charge in [0.25, 0.3) is 0 Å². The molecule has 1 atom stereocenters. The summed E-state index contributed by atoms with van der Waals surface area (Å²) < 4.78 is 15.1. The van der Waals surface area contributed by atoms with Gasteiger partial charge in [-0.25, -0.2) is 4.52 Å². The molecule has 0 aromatic carbocycles. The molecule has 0 aliphatic carbocycles. The summed E-state index contributed by atoms with van der Waals surface area (Å²) in [6.07, 6.45) is 7.92. The van der Waals surface area contributed by atoms with Crippen molar-refractivity contribution in [2.45, 2.75) is 5.92 Å². The molecular formula is C13H13N3O. The van der Waals surface area contributed by atoms with Gasteiger partial charge in [-0.2, -0.15) is 5.10 Å². The van der Waals surface area contributed by atoms with Crippen LogP contribution >= 0.6 is 0 Å². The molecule has 0 fully saturated rings. The Morgan fingerprint density at radius 2 is 2.53 bits per heavy atom. The number of rotatable bonds is 2. The predicted molar refractivity (Wildman–Crippen MR) is 67.0 cm³/mol. The maximum Gasteiger partial charge on any atom is 0.141 e. The van der Waals surface area contributed by atoms with E-state index >= 15 is 0 Å². The quantitative estimate of drug-likeness (QED) is 0.738. The summed E-state index contributed by atoms with van der Waals surface area (Å²) in [5, 5.41) is 4.17. The fourth-order valence-corrected chi connectivity index (χ4v) is 1.99. The van der Waals surface area contributed by atoms with Crippen LogP contribution in [0.25, 0.3) is 5.52 Å². The SMILES string of the molecule is [2H]C1=NCC=CC1c1cc2ccnn2cc1OC. The number of methoxy groups -OCH3 is 1. The molecule has 4 nitrogen and oxygen atoms in total. The molecule has 86 valence electrons. The number of ether oxygens (including phenoxy) is 1. The van der Waals surface area contributed by atoms with Crippen LogP contribution in [-0.2, 0) is 0 Å². The molecular weight excluding hydrogens is 214 g/mol. The van der Waals surface area contributed by atoms with Crippen molar-refractivity contribution in [2.24, 2.45) is 4.99 Å². The molecule has 1 aliphatic heterocycles. The molecule has 4 heteroatoms. The maximum atomic E-state index is 7.93. The van der Waals surface area contributed by atoms with Crippen molar-refractivity contribution in [3.8, 4) is 5.75 Å². The number of aromatic nitrogens is 2. The van der Waals surface area contributed by atoms with Gasteiger partial charge in [0.2, 0.25) is 0 Å². The van der Waals surface area contributed by atoms with E-state index in [9.17, 15) is 0 Å². The molecule has 17 heavy (non-hydrogen) atoms. The van der Waals surface area contributed by atoms with Gasteiger partial charge in [0.15, 0.2) is 0 Å². The van der Waals surface area contributed by atoms with Crippen LogP contribution in [0.1, 0.15) is 12.9 Å². The molecule has 2 aromatic heterocycles. The van der Waals surface area contributed by atoms with Gasteiger partial charge >= 0.3 is 0 Å². The average molecular weight is 228 g/mol. The van der Waals surface area contributed by atoms with Crippen molar-refractivity contribution in [3.63, 3.8) is 0 Å². The van der Waals surface area contributed by atoms with Crippen LogP contribution in [0, 0.1) is 0 Å². The standard InChI is InChI=1S/C13H13N3O/c1-17-13-9-16-11(4-6-15-16)7-12(13)10-3-2-5-14-8-10/h2-4,6-10H,5H2,1H3/i8D. The van der Waals surface area contributed by atoms with Gasteiger partial charge in [-0.15, -0.1) is 0 Å². The third-order valence-corrected chi connectivity index (χ3v) is 2.84. The topological polar surface area (TPSA) is 38.9 Å². The monoisotopic (exact) mass is 228 g/mol. The number of allylic oxidation sites excluding steroid dienone is 1. The highest BCUT2D eigenvalue weighted by atomic mass is 16.5. The zero-order valence-electron chi connectivity index (χ0n) is 10.5. The van der Waals surface area contributed by atoms with E-state index in [4.69, 9.17) is 6.11 Å². The highest BCUT2D eigenvalue weighted by molar-refractivity contribution is 5.74. The van der Waals surface area contributed by atoms with Crippen LogP contribution in [0.3, 0.4) is 0 Å². The summed E-state index contributed by atoms with van der Waals surface area (Å²) in [7, 11) is 1.63. The Hall–Kier alpha value is -2.10. The summed E-state index contributed by atoms with van der Waals surface area (Å²) in [5.74, 6) is 0.594. The second-order valence-electron chi connectivity index (χ2n) is 3.87. The van der Waals surface area contributed by atoms with E-state index in [1.807, 2.05) is 30.5 Å². The van der Waals surface area contributed by atoms with Crippen molar-refractivity contribution in [1.82, 2.24) is 9.61 Å². The van der Waals surface area contributed by atoms with E-state index < -0.39 is 0 Å². The van der Waals surface area contributed by atoms with Crippen molar-refractivity contribution in [1.29, 1.82) is 0 Å². The first-order valence-electron chi connectivity index (χ1n) is 5.98. The molecule has 3 heterocycles. The normalized spacial score (nSPS) is 20.2. The lowest BCUT2D eigenvalue weighted by Gasteiger charge is -2.15. The number of pyridine rings is 1. The summed E-state index contributed by atoms with van der Waals surface area (Å²) in [6.45, 7) is 0.590. The molecule has 0 bridgehead atoms. The first-order valence-corrected chi connectivity index (χ1v) is 5.48. The number of fused-ring (bicyclic) bond motifs is 1. The predicted octanol–water partition coefficient (Wildman–Crippen LogP) is 2.07. The summed E-state index contributed by atoms with van der Waals surface area (Å²) in [4.78, 5) is 4.15. The fourth-order valence-electron chi connectivity index (χ4n) is 1.99. The van der Waals surface area contributed by atoms with Crippen LogP contribution in [0.5, 0.6) is 5.75 Å². The molecule has 0 radical (unpaired) electrons. The first-order chi connectivity index (χ1) is 8.79. The van der Waals surface area contributed by atoms with E-state index in [0.29, 0.717) is 12.7 Å². The average Bonchev–Trinajstić information content (AvgIpc) is 2.85. The van der Waals surface area contributed by atoms with Gasteiger partial charge in [-0.05, 0) is 12.1 Å². The number of hydrogen-bond acceptors (Lipinski definition) is 3. The van der Waals surface area contributed by atoms with E-state index in [-0.39, 0.29) is 5.92 Å². The van der Waals surface area contributed by atoms with Crippen molar-refractivity contribution < 1.29 is 6.11 Å². The third kappa shape index (κ3) is 1.71. The summed E-state index contributed by atoms with van der Waals surface area (Å²) >= 11 is 0. The smallest absolute Gasteiger partial charge is 0.141 e. The zero-order valence-corrected chi connectivity index (χ0v) is 9.50. The van der Waals surface area contributed by atoms with Gasteiger partial charge in [0.1, 0.15) is 5.75 Å². The highest BCUT2D eigenvalue weighted by Crippen LogP contribution is 2.28. The minimum absolute atomic E-state index is 0.131. The molecule has 0 saturated heterocycles. The Morgan fingerprint density at radius 1 is 1.59 bits per heavy atom. The molecule has 0 N–H and O–H groups in total. The van der Waals surface area contributed by atoms with Crippen LogP contribution in [0.15, 0.2) is 41.7 Å². The molecule has 0 spiro atoms. The Bertz CT molecular complexity index is 645. The van der Waals surface area contributed by atoms with E-state index in [1.165, 1.54) is 0 Å². The minimum Gasteiger partial charge on any atom is -0.495 e. The zero-order chi connectivity index (χ0) is 12.5. The van der Waals surface area contributed by atoms with Crippen molar-refractivity contribution in [2.75, 3.05) is 13.7 Å². The number of dihydropyridines is 1. The van der Waals surface area contributed by atoms with Crippen molar-refractivity contribution >= 4 is 11.7 Å². The van der Waals surface area contributed by atoms with Gasteiger partial charge in [0.05, 0.1) is 26.7 Å². The van der Waals surface area contributed by atoms with Crippen LogP contribution in [-0.4, -0.2) is 29.5 Å². The molecule has 1 unspecified atom stereocenters. The molecule has 0 saturated carbocycles. The second kappa shape index (κ2) is 4.05. The van der Waals surface area contributed by atoms with Crippen molar-refractivity contribution in [3.05, 3.63) is 42.2 Å². The lowest BCUT2D eigenvalue weighted by atomic mass is 9.98. The largest absolute Gasteiger partial charge is 0.495 e. The number of nitrogens with zero attached hydrogens (tertiary/aromatic N) is 3. The van der Waals surface area contributed by atoms with Gasteiger partial charge in [0, 0.05) is 23.9 Å². The van der Waals surface area contributed by atoms with E-state index in [0.717, 1.165) is 16.8 Å². The van der Waals surface area contributed by atoms with E-state index in [1.54, 1.807) is 17.8 Å². The molecule has 3 rings (SSSR count). The van der Waals surface area contributed by atoms with E-state index in [2.05, 4.69) is 10.1 Å². The Morgan fingerprint density at radius 3 is 3.35 bits per heavy atom.